The van der Waals surface area contributed by atoms with E-state index in [-0.39, 0.29) is 0 Å². The summed E-state index contributed by atoms with van der Waals surface area (Å²) in [7, 11) is -4.16. The molecule has 0 aliphatic carbocycles. The highest BCUT2D eigenvalue weighted by Gasteiger charge is 2.37. The molecule has 0 bridgehead atoms. The van der Waals surface area contributed by atoms with Crippen molar-refractivity contribution in [3.8, 4) is 5.75 Å². The molecular weight excluding hydrogens is 373 g/mol. The molecule has 0 aromatic heterocycles. The van der Waals surface area contributed by atoms with E-state index in [4.69, 9.17) is 0 Å². The maximum atomic E-state index is 14.5. The number of halogens is 1. The van der Waals surface area contributed by atoms with Gasteiger partial charge < -0.3 is 10.0 Å². The van der Waals surface area contributed by atoms with Crippen LogP contribution in [0, 0.1) is 17.7 Å². The highest BCUT2D eigenvalue weighted by atomic mass is 32.2. The van der Waals surface area contributed by atoms with E-state index in [9.17, 15) is 22.7 Å². The van der Waals surface area contributed by atoms with Crippen LogP contribution in [-0.2, 0) is 21.4 Å². The summed E-state index contributed by atoms with van der Waals surface area (Å²) in [5.74, 6) is -0.726. The van der Waals surface area contributed by atoms with Crippen molar-refractivity contribution in [2.75, 3.05) is 30.5 Å². The summed E-state index contributed by atoms with van der Waals surface area (Å²) < 4.78 is 40.6. The number of hydrogen-bond donors (Lipinski definition) is 2. The number of benzene rings is 1. The fourth-order valence-electron chi connectivity index (χ4n) is 3.94. The number of phenols is 1. The van der Waals surface area contributed by atoms with Crippen molar-refractivity contribution in [2.24, 2.45) is 11.8 Å². The number of aromatic hydroxyl groups is 1. The molecule has 0 spiro atoms. The van der Waals surface area contributed by atoms with Crippen LogP contribution in [0.15, 0.2) is 12.1 Å². The second-order valence-corrected chi connectivity index (χ2v) is 9.41. The molecule has 1 amide bonds. The summed E-state index contributed by atoms with van der Waals surface area (Å²) in [6, 6.07) is 2.60. The lowest BCUT2D eigenvalue weighted by Gasteiger charge is -2.19. The molecule has 2 aliphatic heterocycles. The van der Waals surface area contributed by atoms with Crippen LogP contribution in [0.3, 0.4) is 0 Å². The molecule has 1 atom stereocenters. The van der Waals surface area contributed by atoms with Crippen molar-refractivity contribution in [3.63, 3.8) is 0 Å². The first-order chi connectivity index (χ1) is 12.7. The molecule has 7 nitrogen and oxygen atoms in total. The zero-order valence-corrected chi connectivity index (χ0v) is 16.4. The molecule has 2 saturated heterocycles. The monoisotopic (exact) mass is 399 g/mol. The van der Waals surface area contributed by atoms with Gasteiger partial charge in [0.2, 0.25) is 0 Å². The summed E-state index contributed by atoms with van der Waals surface area (Å²) >= 11 is 0. The van der Waals surface area contributed by atoms with E-state index in [1.54, 1.807) is 4.72 Å². The Hall–Kier alpha value is -1.87. The third kappa shape index (κ3) is 4.52. The minimum absolute atomic E-state index is 0.482. The van der Waals surface area contributed by atoms with E-state index in [1.165, 1.54) is 25.0 Å². The van der Waals surface area contributed by atoms with Crippen LogP contribution in [0.2, 0.25) is 0 Å². The number of amides is 1. The van der Waals surface area contributed by atoms with Crippen molar-refractivity contribution < 1.29 is 22.7 Å². The van der Waals surface area contributed by atoms with Crippen LogP contribution in [0.4, 0.5) is 10.1 Å². The van der Waals surface area contributed by atoms with Crippen molar-refractivity contribution >= 4 is 21.8 Å². The Balaban J connectivity index is 1.66. The fourth-order valence-corrected chi connectivity index (χ4v) is 5.11. The third-order valence-corrected chi connectivity index (χ3v) is 6.44. The summed E-state index contributed by atoms with van der Waals surface area (Å²) in [5.41, 5.74) is 0.104. The second-order valence-electron chi connectivity index (χ2n) is 7.82. The minimum atomic E-state index is -4.16. The Labute approximate surface area is 159 Å². The molecule has 9 heteroatoms. The van der Waals surface area contributed by atoms with E-state index < -0.39 is 39.9 Å². The molecule has 3 rings (SSSR count). The van der Waals surface area contributed by atoms with E-state index in [0.29, 0.717) is 28.1 Å². The van der Waals surface area contributed by atoms with E-state index in [2.05, 4.69) is 18.7 Å². The highest BCUT2D eigenvalue weighted by Crippen LogP contribution is 2.34. The van der Waals surface area contributed by atoms with Crippen LogP contribution < -0.4 is 9.03 Å². The number of rotatable bonds is 6. The summed E-state index contributed by atoms with van der Waals surface area (Å²) in [6.07, 6.45) is 2.94. The van der Waals surface area contributed by atoms with Gasteiger partial charge in [-0.25, -0.2) is 13.4 Å². The molecule has 150 valence electrons. The van der Waals surface area contributed by atoms with Gasteiger partial charge in [-0.05, 0) is 55.3 Å². The number of carbonyl (C=O) groups is 1. The molecule has 0 saturated carbocycles. The first-order valence-corrected chi connectivity index (χ1v) is 10.7. The zero-order valence-electron chi connectivity index (χ0n) is 15.6. The summed E-state index contributed by atoms with van der Waals surface area (Å²) in [6.45, 7) is 6.71. The predicted molar refractivity (Wildman–Crippen MR) is 100 cm³/mol. The fraction of sp³-hybridized carbons (Fsp3) is 0.611. The lowest BCUT2D eigenvalue weighted by molar-refractivity contribution is -0.117. The van der Waals surface area contributed by atoms with Gasteiger partial charge in [-0.3, -0.25) is 4.79 Å². The molecule has 27 heavy (non-hydrogen) atoms. The predicted octanol–water partition coefficient (Wildman–Crippen LogP) is 1.62. The molecule has 1 aromatic carbocycles. The Morgan fingerprint density at radius 2 is 2.11 bits per heavy atom. The SMILES string of the molecule is CC(C)CC1CCN(CCc2cc(O)c(N3CC(=O)NS3(=O)=O)c(F)c2)C1. The summed E-state index contributed by atoms with van der Waals surface area (Å²) in [5, 5.41) is 10.2. The topological polar surface area (TPSA) is 89.9 Å². The maximum absolute atomic E-state index is 14.5. The number of hydrogen-bond acceptors (Lipinski definition) is 5. The van der Waals surface area contributed by atoms with Gasteiger partial charge >= 0.3 is 10.2 Å². The first kappa shape index (κ1) is 19.9. The smallest absolute Gasteiger partial charge is 0.326 e. The van der Waals surface area contributed by atoms with Gasteiger partial charge in [-0.1, -0.05) is 13.8 Å². The highest BCUT2D eigenvalue weighted by molar-refractivity contribution is 7.92. The number of nitrogens with one attached hydrogen (secondary N) is 1. The van der Waals surface area contributed by atoms with Crippen LogP contribution in [0.1, 0.15) is 32.3 Å². The maximum Gasteiger partial charge on any atom is 0.326 e. The van der Waals surface area contributed by atoms with Crippen LogP contribution >= 0.6 is 0 Å². The van der Waals surface area contributed by atoms with Gasteiger partial charge in [0.1, 0.15) is 18.0 Å². The van der Waals surface area contributed by atoms with Crippen LogP contribution in [0.5, 0.6) is 5.75 Å². The number of nitrogens with zero attached hydrogens (tertiary/aromatic N) is 2. The standard InChI is InChI=1S/C18H26FN3O4S/c1-12(2)7-14-4-6-21(10-14)5-3-13-8-15(19)18(16(23)9-13)22-11-17(24)20-27(22,25)26/h8-9,12,14,23H,3-7,10-11H2,1-2H3,(H,20,24). The van der Waals surface area contributed by atoms with Gasteiger partial charge in [0.15, 0.2) is 5.82 Å². The Morgan fingerprint density at radius 1 is 1.37 bits per heavy atom. The number of phenolic OH excluding ortho intramolecular Hbond substituents is 1. The van der Waals surface area contributed by atoms with Crippen molar-refractivity contribution in [1.29, 1.82) is 0 Å². The lowest BCUT2D eigenvalue weighted by Crippen LogP contribution is -2.30. The van der Waals surface area contributed by atoms with E-state index in [1.807, 2.05) is 0 Å². The largest absolute Gasteiger partial charge is 0.506 e. The third-order valence-electron chi connectivity index (χ3n) is 5.06. The van der Waals surface area contributed by atoms with Crippen molar-refractivity contribution in [2.45, 2.75) is 33.1 Å². The molecule has 1 unspecified atom stereocenters. The summed E-state index contributed by atoms with van der Waals surface area (Å²) in [4.78, 5) is 13.7. The van der Waals surface area contributed by atoms with Crippen LogP contribution in [-0.4, -0.2) is 50.5 Å². The number of anilines is 1. The van der Waals surface area contributed by atoms with Gasteiger partial charge in [-0.15, -0.1) is 0 Å². The van der Waals surface area contributed by atoms with Crippen LogP contribution in [0.25, 0.3) is 0 Å². The van der Waals surface area contributed by atoms with Gasteiger partial charge in [0.25, 0.3) is 5.91 Å². The molecule has 0 radical (unpaired) electrons. The molecule has 2 aliphatic rings. The molecule has 2 fully saturated rings. The normalized spacial score (nSPS) is 22.6. The first-order valence-electron chi connectivity index (χ1n) is 9.22. The number of likely N-dealkylation sites (tertiary alicyclic amines) is 1. The van der Waals surface area contributed by atoms with Gasteiger partial charge in [-0.2, -0.15) is 8.42 Å². The quantitative estimate of drug-likeness (QED) is 0.759. The molecule has 1 aromatic rings. The van der Waals surface area contributed by atoms with Gasteiger partial charge in [0.05, 0.1) is 0 Å². The average molecular weight is 399 g/mol. The average Bonchev–Trinajstić information content (AvgIpc) is 3.07. The second kappa shape index (κ2) is 7.63. The van der Waals surface area contributed by atoms with E-state index >= 15 is 0 Å². The molecule has 2 heterocycles. The Morgan fingerprint density at radius 3 is 2.70 bits per heavy atom. The number of carbonyl (C=O) groups excluding carboxylic acids is 1. The minimum Gasteiger partial charge on any atom is -0.506 e. The zero-order chi connectivity index (χ0) is 19.8. The lowest BCUT2D eigenvalue weighted by atomic mass is 9.97. The molecule has 2 N–H and O–H groups in total. The Bertz CT molecular complexity index is 805. The van der Waals surface area contributed by atoms with Crippen molar-refractivity contribution in [3.05, 3.63) is 23.5 Å². The van der Waals surface area contributed by atoms with Gasteiger partial charge in [0, 0.05) is 13.1 Å². The van der Waals surface area contributed by atoms with E-state index in [0.717, 1.165) is 19.6 Å². The molecular formula is C18H26FN3O4S. The van der Waals surface area contributed by atoms with Crippen molar-refractivity contribution in [1.82, 2.24) is 9.62 Å². The Kier molecular flexibility index (Phi) is 5.62.